The van der Waals surface area contributed by atoms with Crippen molar-refractivity contribution in [3.05, 3.63) is 0 Å². The Kier molecular flexibility index (Phi) is 6.26. The van der Waals surface area contributed by atoms with Gasteiger partial charge in [-0.3, -0.25) is 0 Å². The fraction of sp³-hybridized carbons (Fsp3) is 1.00. The minimum atomic E-state index is 0.416. The number of hydrogen-bond acceptors (Lipinski definition) is 2. The average Bonchev–Trinajstić information content (AvgIpc) is 2.70. The van der Waals surface area contributed by atoms with Crippen LogP contribution in [0, 0.1) is 5.92 Å². The smallest absolute Gasteiger partial charge is 0.0196 e. The second kappa shape index (κ2) is 7.24. The molecule has 1 saturated carbocycles. The van der Waals surface area contributed by atoms with Crippen LogP contribution in [0.4, 0.5) is 0 Å². The van der Waals surface area contributed by atoms with Gasteiger partial charge in [-0.15, -0.1) is 0 Å². The third kappa shape index (κ3) is 4.98. The van der Waals surface area contributed by atoms with Crippen LogP contribution < -0.4 is 5.73 Å². The van der Waals surface area contributed by atoms with E-state index in [1.807, 2.05) is 0 Å². The molecule has 0 aromatic rings. The van der Waals surface area contributed by atoms with Crippen LogP contribution >= 0.6 is 0 Å². The average molecular weight is 212 g/mol. The molecule has 0 heterocycles. The topological polar surface area (TPSA) is 29.3 Å². The van der Waals surface area contributed by atoms with Crippen molar-refractivity contribution in [3.8, 4) is 0 Å². The molecule has 0 aliphatic heterocycles. The van der Waals surface area contributed by atoms with Gasteiger partial charge in [-0.2, -0.15) is 0 Å². The molecular formula is C13H28N2. The molecule has 0 bridgehead atoms. The monoisotopic (exact) mass is 212 g/mol. The maximum Gasteiger partial charge on any atom is 0.0196 e. The second-order valence-corrected chi connectivity index (χ2v) is 5.18. The van der Waals surface area contributed by atoms with E-state index in [0.717, 1.165) is 12.5 Å². The lowest BCUT2D eigenvalue weighted by Crippen LogP contribution is -2.40. The van der Waals surface area contributed by atoms with E-state index in [1.165, 1.54) is 51.5 Å². The molecule has 1 aliphatic rings. The standard InChI is InChI=1S/C13H28N2/c1-3-4-7-10-15(2)11-13(14)12-8-5-6-9-12/h12-13H,3-11,14H2,1-2H3. The van der Waals surface area contributed by atoms with Crippen molar-refractivity contribution in [3.63, 3.8) is 0 Å². The number of nitrogens with zero attached hydrogens (tertiary/aromatic N) is 1. The predicted octanol–water partition coefficient (Wildman–Crippen LogP) is 2.63. The lowest BCUT2D eigenvalue weighted by molar-refractivity contribution is 0.266. The first-order valence-electron chi connectivity index (χ1n) is 6.68. The summed E-state index contributed by atoms with van der Waals surface area (Å²) in [6.45, 7) is 4.56. The van der Waals surface area contributed by atoms with Gasteiger partial charge in [0.15, 0.2) is 0 Å². The van der Waals surface area contributed by atoms with Crippen molar-refractivity contribution in [2.24, 2.45) is 11.7 Å². The van der Waals surface area contributed by atoms with Crippen LogP contribution in [0.2, 0.25) is 0 Å². The molecule has 0 aromatic heterocycles. The molecule has 0 amide bonds. The van der Waals surface area contributed by atoms with Crippen LogP contribution in [-0.4, -0.2) is 31.1 Å². The number of nitrogens with two attached hydrogens (primary N) is 1. The van der Waals surface area contributed by atoms with Crippen LogP contribution in [0.25, 0.3) is 0 Å². The summed E-state index contributed by atoms with van der Waals surface area (Å²) < 4.78 is 0. The zero-order chi connectivity index (χ0) is 11.1. The van der Waals surface area contributed by atoms with E-state index in [-0.39, 0.29) is 0 Å². The molecule has 0 saturated heterocycles. The first kappa shape index (κ1) is 13.0. The van der Waals surface area contributed by atoms with Crippen LogP contribution in [0.3, 0.4) is 0 Å². The van der Waals surface area contributed by atoms with Gasteiger partial charge >= 0.3 is 0 Å². The van der Waals surface area contributed by atoms with Crippen LogP contribution in [0.15, 0.2) is 0 Å². The van der Waals surface area contributed by atoms with E-state index in [1.54, 1.807) is 0 Å². The molecule has 1 atom stereocenters. The minimum absolute atomic E-state index is 0.416. The first-order valence-corrected chi connectivity index (χ1v) is 6.68. The third-order valence-corrected chi connectivity index (χ3v) is 3.67. The van der Waals surface area contributed by atoms with E-state index in [4.69, 9.17) is 5.73 Å². The molecule has 1 rings (SSSR count). The molecule has 1 fully saturated rings. The summed E-state index contributed by atoms with van der Waals surface area (Å²) >= 11 is 0. The summed E-state index contributed by atoms with van der Waals surface area (Å²) in [7, 11) is 2.21. The highest BCUT2D eigenvalue weighted by Gasteiger charge is 2.22. The van der Waals surface area contributed by atoms with Crippen LogP contribution in [0.5, 0.6) is 0 Å². The zero-order valence-corrected chi connectivity index (χ0v) is 10.5. The highest BCUT2D eigenvalue weighted by molar-refractivity contribution is 4.79. The van der Waals surface area contributed by atoms with Gasteiger partial charge in [-0.1, -0.05) is 32.6 Å². The van der Waals surface area contributed by atoms with Gasteiger partial charge in [0.1, 0.15) is 0 Å². The SMILES string of the molecule is CCCCCN(C)CC(N)C1CCCC1. The lowest BCUT2D eigenvalue weighted by Gasteiger charge is -2.25. The highest BCUT2D eigenvalue weighted by atomic mass is 15.1. The zero-order valence-electron chi connectivity index (χ0n) is 10.5. The van der Waals surface area contributed by atoms with Gasteiger partial charge in [0.05, 0.1) is 0 Å². The molecule has 2 heteroatoms. The summed E-state index contributed by atoms with van der Waals surface area (Å²) in [5.41, 5.74) is 6.24. The first-order chi connectivity index (χ1) is 7.24. The fourth-order valence-electron chi connectivity index (χ4n) is 2.62. The molecule has 1 aliphatic carbocycles. The van der Waals surface area contributed by atoms with Crippen molar-refractivity contribution in [1.29, 1.82) is 0 Å². The normalized spacial score (nSPS) is 20.0. The summed E-state index contributed by atoms with van der Waals surface area (Å²) in [5, 5.41) is 0. The number of hydrogen-bond donors (Lipinski definition) is 1. The Morgan fingerprint density at radius 2 is 1.93 bits per heavy atom. The Morgan fingerprint density at radius 1 is 1.27 bits per heavy atom. The van der Waals surface area contributed by atoms with E-state index >= 15 is 0 Å². The van der Waals surface area contributed by atoms with Crippen molar-refractivity contribution >= 4 is 0 Å². The Morgan fingerprint density at radius 3 is 2.53 bits per heavy atom. The van der Waals surface area contributed by atoms with Gasteiger partial charge in [0.25, 0.3) is 0 Å². The molecule has 0 spiro atoms. The van der Waals surface area contributed by atoms with E-state index in [0.29, 0.717) is 6.04 Å². The molecule has 0 radical (unpaired) electrons. The van der Waals surface area contributed by atoms with Gasteiger partial charge in [-0.05, 0) is 38.8 Å². The Labute approximate surface area is 95.2 Å². The summed E-state index contributed by atoms with van der Waals surface area (Å²) in [6.07, 6.45) is 9.51. The van der Waals surface area contributed by atoms with Gasteiger partial charge < -0.3 is 10.6 Å². The summed E-state index contributed by atoms with van der Waals surface area (Å²) in [6, 6.07) is 0.416. The van der Waals surface area contributed by atoms with Gasteiger partial charge in [0, 0.05) is 12.6 Å². The third-order valence-electron chi connectivity index (χ3n) is 3.67. The van der Waals surface area contributed by atoms with Gasteiger partial charge in [0.2, 0.25) is 0 Å². The molecule has 2 nitrogen and oxygen atoms in total. The highest BCUT2D eigenvalue weighted by Crippen LogP contribution is 2.26. The molecule has 15 heavy (non-hydrogen) atoms. The Balaban J connectivity index is 2.10. The number of likely N-dealkylation sites (N-methyl/N-ethyl adjacent to an activating group) is 1. The van der Waals surface area contributed by atoms with E-state index in [9.17, 15) is 0 Å². The second-order valence-electron chi connectivity index (χ2n) is 5.18. The molecule has 2 N–H and O–H groups in total. The Hall–Kier alpha value is -0.0800. The molecule has 1 unspecified atom stereocenters. The van der Waals surface area contributed by atoms with Gasteiger partial charge in [-0.25, -0.2) is 0 Å². The predicted molar refractivity (Wildman–Crippen MR) is 67.0 cm³/mol. The maximum absolute atomic E-state index is 6.24. The van der Waals surface area contributed by atoms with Crippen LogP contribution in [0.1, 0.15) is 51.9 Å². The van der Waals surface area contributed by atoms with E-state index in [2.05, 4.69) is 18.9 Å². The largest absolute Gasteiger partial charge is 0.326 e. The quantitative estimate of drug-likeness (QED) is 0.657. The number of unbranched alkanes of at least 4 members (excludes halogenated alkanes) is 2. The minimum Gasteiger partial charge on any atom is -0.326 e. The maximum atomic E-state index is 6.24. The van der Waals surface area contributed by atoms with Crippen molar-refractivity contribution in [2.45, 2.75) is 57.9 Å². The number of rotatable bonds is 7. The van der Waals surface area contributed by atoms with Crippen molar-refractivity contribution < 1.29 is 0 Å². The fourth-order valence-corrected chi connectivity index (χ4v) is 2.62. The van der Waals surface area contributed by atoms with E-state index < -0.39 is 0 Å². The summed E-state index contributed by atoms with van der Waals surface area (Å²) in [4.78, 5) is 2.42. The van der Waals surface area contributed by atoms with Crippen molar-refractivity contribution in [2.75, 3.05) is 20.1 Å². The molecule has 90 valence electrons. The molecule has 0 aromatic carbocycles. The Bertz CT molecular complexity index is 153. The summed E-state index contributed by atoms with van der Waals surface area (Å²) in [5.74, 6) is 0.804. The lowest BCUT2D eigenvalue weighted by atomic mass is 9.98. The van der Waals surface area contributed by atoms with Crippen molar-refractivity contribution in [1.82, 2.24) is 4.90 Å². The van der Waals surface area contributed by atoms with Crippen LogP contribution in [-0.2, 0) is 0 Å². The molecular weight excluding hydrogens is 184 g/mol.